The van der Waals surface area contributed by atoms with Crippen LogP contribution in [0.1, 0.15) is 38.7 Å². The highest BCUT2D eigenvalue weighted by Gasteiger charge is 2.42. The van der Waals surface area contributed by atoms with Crippen LogP contribution in [0.3, 0.4) is 0 Å². The number of piperidine rings is 1. The van der Waals surface area contributed by atoms with Crippen LogP contribution in [0.2, 0.25) is 0 Å². The first-order valence-electron chi connectivity index (χ1n) is 10.6. The van der Waals surface area contributed by atoms with Crippen molar-refractivity contribution in [2.75, 3.05) is 0 Å². The summed E-state index contributed by atoms with van der Waals surface area (Å²) < 4.78 is 29.2. The van der Waals surface area contributed by atoms with Crippen LogP contribution in [-0.2, 0) is 4.79 Å². The van der Waals surface area contributed by atoms with Gasteiger partial charge in [-0.3, -0.25) is 4.79 Å². The van der Waals surface area contributed by atoms with E-state index in [9.17, 15) is 13.6 Å². The molecule has 0 N–H and O–H groups in total. The molecule has 32 heavy (non-hydrogen) atoms. The lowest BCUT2D eigenvalue weighted by Crippen LogP contribution is -2.56. The first kappa shape index (κ1) is 22.5. The Morgan fingerprint density at radius 2 is 1.72 bits per heavy atom. The molecule has 2 heterocycles. The second kappa shape index (κ2) is 9.83. The number of hydrazine groups is 1. The van der Waals surface area contributed by atoms with Gasteiger partial charge in [-0.05, 0) is 74.4 Å². The summed E-state index contributed by atoms with van der Waals surface area (Å²) in [7, 11) is 0. The average molecular weight is 458 g/mol. The molecule has 5 nitrogen and oxygen atoms in total. The summed E-state index contributed by atoms with van der Waals surface area (Å²) in [5.41, 5.74) is 1.50. The van der Waals surface area contributed by atoms with Crippen molar-refractivity contribution in [3.05, 3.63) is 65.1 Å². The largest absolute Gasteiger partial charge is 0.435 e. The number of nitrogens with zero attached hydrogens (tertiary/aromatic N) is 3. The van der Waals surface area contributed by atoms with Gasteiger partial charge in [0, 0.05) is 12.1 Å². The van der Waals surface area contributed by atoms with Gasteiger partial charge in [0.15, 0.2) is 5.17 Å². The molecule has 8 heteroatoms. The summed E-state index contributed by atoms with van der Waals surface area (Å²) in [6, 6.07) is 16.2. The highest BCUT2D eigenvalue weighted by molar-refractivity contribution is 8.18. The van der Waals surface area contributed by atoms with Crippen molar-refractivity contribution < 1.29 is 18.3 Å². The fraction of sp³-hybridized carbons (Fsp3) is 0.333. The Kier molecular flexibility index (Phi) is 6.91. The number of amides is 1. The topological polar surface area (TPSA) is 45.1 Å². The fourth-order valence-electron chi connectivity index (χ4n) is 4.05. The van der Waals surface area contributed by atoms with Gasteiger partial charge in [-0.1, -0.05) is 36.8 Å². The molecule has 2 atom stereocenters. The van der Waals surface area contributed by atoms with Crippen molar-refractivity contribution in [1.82, 2.24) is 10.0 Å². The summed E-state index contributed by atoms with van der Waals surface area (Å²) in [5, 5.41) is 4.47. The Labute approximate surface area is 190 Å². The van der Waals surface area contributed by atoms with E-state index in [-0.39, 0.29) is 23.7 Å². The number of hydrogen-bond donors (Lipinski definition) is 0. The lowest BCUT2D eigenvalue weighted by molar-refractivity contribution is -0.142. The summed E-state index contributed by atoms with van der Waals surface area (Å²) >= 11 is 1.32. The molecule has 2 aromatic carbocycles. The molecule has 0 bridgehead atoms. The van der Waals surface area contributed by atoms with E-state index in [0.717, 1.165) is 30.5 Å². The molecule has 0 aromatic heterocycles. The first-order chi connectivity index (χ1) is 15.4. The Balaban J connectivity index is 1.67. The maximum absolute atomic E-state index is 13.5. The normalized spacial score (nSPS) is 24.7. The van der Waals surface area contributed by atoms with Crippen LogP contribution in [-0.4, -0.2) is 39.8 Å². The second-order valence-electron chi connectivity index (χ2n) is 7.91. The molecule has 2 aromatic rings. The molecule has 2 unspecified atom stereocenters. The van der Waals surface area contributed by atoms with Gasteiger partial charge < -0.3 is 4.74 Å². The summed E-state index contributed by atoms with van der Waals surface area (Å²) in [6.45, 7) is 1.40. The molecular weight excluding hydrogens is 432 g/mol. The molecule has 2 aliphatic rings. The lowest BCUT2D eigenvalue weighted by atomic mass is 9.99. The highest BCUT2D eigenvalue weighted by atomic mass is 32.2. The van der Waals surface area contributed by atoms with Gasteiger partial charge in [-0.2, -0.15) is 8.78 Å². The number of aliphatic imine (C=N–C) groups is 1. The van der Waals surface area contributed by atoms with E-state index in [0.29, 0.717) is 10.1 Å². The molecule has 2 saturated heterocycles. The van der Waals surface area contributed by atoms with E-state index >= 15 is 0 Å². The number of carbonyl (C=O) groups excluding carboxylic acids is 1. The lowest BCUT2D eigenvalue weighted by Gasteiger charge is -2.43. The highest BCUT2D eigenvalue weighted by Crippen LogP contribution is 2.38. The predicted octanol–water partition coefficient (Wildman–Crippen LogP) is 6.07. The molecule has 4 rings (SSSR count). The molecule has 0 saturated carbocycles. The number of rotatable bonds is 5. The number of hydrogen-bond acceptors (Lipinski definition) is 5. The van der Waals surface area contributed by atoms with Crippen LogP contribution in [0, 0.1) is 0 Å². The van der Waals surface area contributed by atoms with Crippen molar-refractivity contribution in [2.45, 2.75) is 51.8 Å². The molecule has 1 amide bonds. The third-order valence-electron chi connectivity index (χ3n) is 5.55. The van der Waals surface area contributed by atoms with Gasteiger partial charge in [-0.25, -0.2) is 15.0 Å². The average Bonchev–Trinajstić information content (AvgIpc) is 3.05. The van der Waals surface area contributed by atoms with Crippen molar-refractivity contribution in [3.63, 3.8) is 0 Å². The number of amidine groups is 1. The summed E-state index contributed by atoms with van der Waals surface area (Å²) in [4.78, 5) is 18.8. The third kappa shape index (κ3) is 5.02. The van der Waals surface area contributed by atoms with Crippen LogP contribution >= 0.6 is 11.8 Å². The molecule has 0 radical (unpaired) electrons. The quantitative estimate of drug-likeness (QED) is 0.511. The zero-order valence-corrected chi connectivity index (χ0v) is 18.8. The van der Waals surface area contributed by atoms with E-state index in [1.807, 2.05) is 30.3 Å². The minimum atomic E-state index is -2.87. The smallest absolute Gasteiger partial charge is 0.387 e. The van der Waals surface area contributed by atoms with E-state index < -0.39 is 6.61 Å². The maximum Gasteiger partial charge on any atom is 0.387 e. The van der Waals surface area contributed by atoms with Gasteiger partial charge in [0.2, 0.25) is 0 Å². The van der Waals surface area contributed by atoms with E-state index in [2.05, 4.69) is 23.6 Å². The second-order valence-corrected chi connectivity index (χ2v) is 8.92. The van der Waals surface area contributed by atoms with Crippen LogP contribution in [0.4, 0.5) is 14.5 Å². The van der Waals surface area contributed by atoms with Gasteiger partial charge >= 0.3 is 6.61 Å². The Bertz CT molecular complexity index is 1000. The van der Waals surface area contributed by atoms with Crippen molar-refractivity contribution in [1.29, 1.82) is 0 Å². The van der Waals surface area contributed by atoms with Crippen LogP contribution in [0.25, 0.3) is 6.08 Å². The monoisotopic (exact) mass is 457 g/mol. The number of benzene rings is 2. The number of para-hydroxylation sites is 1. The first-order valence-corrected chi connectivity index (χ1v) is 11.4. The Hall–Kier alpha value is -2.71. The minimum absolute atomic E-state index is 0.0801. The standard InChI is InChI=1S/C24H25F2N3O2S/c1-16-7-6-8-17(2)28(16)29-22(30)21(32-24(29)27-19-9-4-3-5-10-19)15-18-11-13-20(14-12-18)31-23(25)26/h3-5,9-17,23H,6-8H2,1-2H3. The summed E-state index contributed by atoms with van der Waals surface area (Å²) in [6.07, 6.45) is 4.93. The van der Waals surface area contributed by atoms with Crippen molar-refractivity contribution >= 4 is 34.6 Å². The van der Waals surface area contributed by atoms with Gasteiger partial charge in [0.1, 0.15) is 5.75 Å². The van der Waals surface area contributed by atoms with E-state index in [1.54, 1.807) is 23.2 Å². The Morgan fingerprint density at radius 3 is 2.34 bits per heavy atom. The number of ether oxygens (including phenoxy) is 1. The van der Waals surface area contributed by atoms with E-state index in [4.69, 9.17) is 4.99 Å². The molecule has 2 fully saturated rings. The third-order valence-corrected chi connectivity index (χ3v) is 6.51. The van der Waals surface area contributed by atoms with Crippen LogP contribution < -0.4 is 4.74 Å². The van der Waals surface area contributed by atoms with E-state index in [1.165, 1.54) is 23.9 Å². The summed E-state index contributed by atoms with van der Waals surface area (Å²) in [5.74, 6) is -0.0466. The number of halogens is 2. The molecule has 0 spiro atoms. The van der Waals surface area contributed by atoms with Crippen LogP contribution in [0.15, 0.2) is 64.5 Å². The number of alkyl halides is 2. The van der Waals surface area contributed by atoms with Gasteiger partial charge in [0.05, 0.1) is 10.6 Å². The fourth-order valence-corrected chi connectivity index (χ4v) is 5.03. The minimum Gasteiger partial charge on any atom is -0.435 e. The SMILES string of the molecule is CC1CCCC(C)N1N1C(=O)C(=Cc2ccc(OC(F)F)cc2)SC1=Nc1ccccc1. The molecular formula is C24H25F2N3O2S. The molecule has 168 valence electrons. The Morgan fingerprint density at radius 1 is 1.06 bits per heavy atom. The van der Waals surface area contributed by atoms with Crippen LogP contribution in [0.5, 0.6) is 5.75 Å². The van der Waals surface area contributed by atoms with Gasteiger partial charge in [-0.15, -0.1) is 0 Å². The number of thioether (sulfide) groups is 1. The zero-order chi connectivity index (χ0) is 22.7. The predicted molar refractivity (Wildman–Crippen MR) is 124 cm³/mol. The molecule has 2 aliphatic heterocycles. The van der Waals surface area contributed by atoms with Gasteiger partial charge in [0.25, 0.3) is 5.91 Å². The maximum atomic E-state index is 13.5. The van der Waals surface area contributed by atoms with Crippen molar-refractivity contribution in [3.8, 4) is 5.75 Å². The number of carbonyl (C=O) groups is 1. The van der Waals surface area contributed by atoms with Crippen molar-refractivity contribution in [2.24, 2.45) is 4.99 Å². The zero-order valence-electron chi connectivity index (χ0n) is 17.9. The molecule has 0 aliphatic carbocycles.